The number of carboxylic acid groups (broad SMARTS) is 2. The van der Waals surface area contributed by atoms with Crippen LogP contribution in [0.15, 0.2) is 64.8 Å². The minimum Gasteiger partial charge on any atom is -0.478 e. The third kappa shape index (κ3) is 3.72. The molecule has 0 aliphatic carbocycles. The molecule has 0 saturated carbocycles. The molecule has 0 saturated heterocycles. The van der Waals surface area contributed by atoms with E-state index in [1.807, 2.05) is 30.3 Å². The number of rotatable bonds is 6. The fourth-order valence-corrected chi connectivity index (χ4v) is 4.21. The van der Waals surface area contributed by atoms with Crippen LogP contribution in [0.5, 0.6) is 0 Å². The Morgan fingerprint density at radius 2 is 1.70 bits per heavy atom. The molecule has 0 spiro atoms. The second kappa shape index (κ2) is 7.92. The van der Waals surface area contributed by atoms with Crippen LogP contribution in [0.3, 0.4) is 0 Å². The van der Waals surface area contributed by atoms with Crippen LogP contribution >= 0.6 is 11.3 Å². The molecule has 30 heavy (non-hydrogen) atoms. The van der Waals surface area contributed by atoms with Crippen LogP contribution in [0.25, 0.3) is 10.2 Å². The van der Waals surface area contributed by atoms with Crippen molar-refractivity contribution in [3.63, 3.8) is 0 Å². The molecule has 2 aromatic heterocycles. The highest BCUT2D eigenvalue weighted by Crippen LogP contribution is 2.23. The summed E-state index contributed by atoms with van der Waals surface area (Å²) < 4.78 is 1.43. The summed E-state index contributed by atoms with van der Waals surface area (Å²) >= 11 is 1.12. The van der Waals surface area contributed by atoms with Gasteiger partial charge in [0.2, 0.25) is 0 Å². The largest absolute Gasteiger partial charge is 0.478 e. The first-order valence-electron chi connectivity index (χ1n) is 9.04. The molecule has 7 nitrogen and oxygen atoms in total. The molecule has 0 bridgehead atoms. The van der Waals surface area contributed by atoms with Crippen LogP contribution in [0.1, 0.15) is 37.7 Å². The molecular formula is C22H16N2O5S. The van der Waals surface area contributed by atoms with Gasteiger partial charge in [-0.25, -0.2) is 14.6 Å². The van der Waals surface area contributed by atoms with Crippen molar-refractivity contribution in [1.29, 1.82) is 0 Å². The molecule has 0 unspecified atom stereocenters. The molecule has 150 valence electrons. The molecule has 0 atom stereocenters. The van der Waals surface area contributed by atoms with Gasteiger partial charge in [-0.05, 0) is 23.3 Å². The highest BCUT2D eigenvalue weighted by Gasteiger charge is 2.20. The Labute approximate surface area is 174 Å². The molecule has 0 radical (unpaired) electrons. The van der Waals surface area contributed by atoms with Crippen molar-refractivity contribution in [3.8, 4) is 0 Å². The van der Waals surface area contributed by atoms with Crippen LogP contribution in [0.4, 0.5) is 0 Å². The number of aromatic carboxylic acids is 2. The Bertz CT molecular complexity index is 1320. The predicted octanol–water partition coefficient (Wildman–Crippen LogP) is 3.49. The van der Waals surface area contributed by atoms with Gasteiger partial charge in [-0.15, -0.1) is 11.3 Å². The van der Waals surface area contributed by atoms with E-state index in [0.29, 0.717) is 22.6 Å². The lowest BCUT2D eigenvalue weighted by Crippen LogP contribution is -2.26. The van der Waals surface area contributed by atoms with Gasteiger partial charge in [-0.2, -0.15) is 0 Å². The van der Waals surface area contributed by atoms with E-state index in [1.165, 1.54) is 22.1 Å². The quantitative estimate of drug-likeness (QED) is 0.494. The van der Waals surface area contributed by atoms with Gasteiger partial charge in [0.05, 0.1) is 23.1 Å². The number of aromatic nitrogens is 2. The van der Waals surface area contributed by atoms with Gasteiger partial charge in [0.1, 0.15) is 10.7 Å². The third-order valence-electron chi connectivity index (χ3n) is 4.72. The first-order valence-corrected chi connectivity index (χ1v) is 9.92. The lowest BCUT2D eigenvalue weighted by atomic mass is 10.1. The monoisotopic (exact) mass is 420 g/mol. The molecule has 4 aromatic rings. The number of benzene rings is 2. The second-order valence-electron chi connectivity index (χ2n) is 6.72. The normalized spacial score (nSPS) is 10.9. The molecule has 2 heterocycles. The van der Waals surface area contributed by atoms with E-state index < -0.39 is 17.5 Å². The maximum absolute atomic E-state index is 13.3. The first kappa shape index (κ1) is 19.5. The Balaban J connectivity index is 1.89. The summed E-state index contributed by atoms with van der Waals surface area (Å²) in [5, 5.41) is 20.2. The summed E-state index contributed by atoms with van der Waals surface area (Å²) in [4.78, 5) is 41.1. The van der Waals surface area contributed by atoms with Crippen molar-refractivity contribution in [2.75, 3.05) is 0 Å². The zero-order valence-corrected chi connectivity index (χ0v) is 16.4. The highest BCUT2D eigenvalue weighted by molar-refractivity contribution is 7.17. The van der Waals surface area contributed by atoms with Crippen molar-refractivity contribution in [2.24, 2.45) is 0 Å². The van der Waals surface area contributed by atoms with E-state index in [9.17, 15) is 24.6 Å². The Kier molecular flexibility index (Phi) is 5.16. The third-order valence-corrected chi connectivity index (χ3v) is 5.60. The van der Waals surface area contributed by atoms with Crippen LogP contribution in [0.2, 0.25) is 0 Å². The molecule has 0 amide bonds. The van der Waals surface area contributed by atoms with Gasteiger partial charge in [-0.1, -0.05) is 42.5 Å². The van der Waals surface area contributed by atoms with Crippen molar-refractivity contribution >= 4 is 33.5 Å². The average Bonchev–Trinajstić information content (AvgIpc) is 3.16. The lowest BCUT2D eigenvalue weighted by Gasteiger charge is -2.13. The Morgan fingerprint density at radius 1 is 0.967 bits per heavy atom. The number of hydrogen-bond donors (Lipinski definition) is 2. The predicted molar refractivity (Wildman–Crippen MR) is 113 cm³/mol. The van der Waals surface area contributed by atoms with Crippen LogP contribution in [0, 0.1) is 0 Å². The lowest BCUT2D eigenvalue weighted by molar-refractivity contribution is 0.0687. The summed E-state index contributed by atoms with van der Waals surface area (Å²) in [6.07, 6.45) is 0.380. The summed E-state index contributed by atoms with van der Waals surface area (Å²) in [6.45, 7) is 0.0833. The van der Waals surface area contributed by atoms with Gasteiger partial charge >= 0.3 is 11.9 Å². The van der Waals surface area contributed by atoms with E-state index in [0.717, 1.165) is 16.9 Å². The van der Waals surface area contributed by atoms with Gasteiger partial charge < -0.3 is 10.2 Å². The fourth-order valence-electron chi connectivity index (χ4n) is 3.29. The van der Waals surface area contributed by atoms with E-state index in [-0.39, 0.29) is 23.1 Å². The van der Waals surface area contributed by atoms with Crippen molar-refractivity contribution < 1.29 is 19.8 Å². The highest BCUT2D eigenvalue weighted by atomic mass is 32.1. The van der Waals surface area contributed by atoms with E-state index in [1.54, 1.807) is 12.1 Å². The molecule has 0 aliphatic rings. The molecule has 0 aliphatic heterocycles. The average molecular weight is 420 g/mol. The number of carbonyl (C=O) groups is 2. The number of nitrogens with zero attached hydrogens (tertiary/aromatic N) is 2. The minimum atomic E-state index is -1.18. The van der Waals surface area contributed by atoms with Crippen LogP contribution in [-0.4, -0.2) is 31.7 Å². The summed E-state index contributed by atoms with van der Waals surface area (Å²) in [5.74, 6) is -1.76. The first-order chi connectivity index (χ1) is 14.4. The van der Waals surface area contributed by atoms with Crippen molar-refractivity contribution in [2.45, 2.75) is 13.0 Å². The SMILES string of the molecule is O=C(O)c1cccc(Cn2c(Cc3ccccc3)nc3scc(C(=O)O)c3c2=O)c1. The van der Waals surface area contributed by atoms with Gasteiger partial charge in [0.25, 0.3) is 5.56 Å². The minimum absolute atomic E-state index is 0.0682. The maximum atomic E-state index is 13.3. The Hall–Kier alpha value is -3.78. The zero-order valence-electron chi connectivity index (χ0n) is 15.6. The number of thiophene rings is 1. The molecule has 0 fully saturated rings. The standard InChI is InChI=1S/C22H16N2O5S/c25-20-18-16(22(28)29)12-30-19(18)23-17(10-13-5-2-1-3-6-13)24(20)11-14-7-4-8-15(9-14)21(26)27/h1-9,12H,10-11H2,(H,26,27)(H,28,29). The number of hydrogen-bond acceptors (Lipinski definition) is 5. The molecule has 2 N–H and O–H groups in total. The summed E-state index contributed by atoms with van der Waals surface area (Å²) in [6, 6.07) is 15.8. The van der Waals surface area contributed by atoms with Crippen LogP contribution in [-0.2, 0) is 13.0 Å². The van der Waals surface area contributed by atoms with Crippen LogP contribution < -0.4 is 5.56 Å². The van der Waals surface area contributed by atoms with Gasteiger partial charge in [0, 0.05) is 11.8 Å². The molecule has 4 rings (SSSR count). The van der Waals surface area contributed by atoms with Crippen molar-refractivity contribution in [1.82, 2.24) is 9.55 Å². The summed E-state index contributed by atoms with van der Waals surface area (Å²) in [5.41, 5.74) is 1.14. The second-order valence-corrected chi connectivity index (χ2v) is 7.58. The summed E-state index contributed by atoms with van der Waals surface area (Å²) in [7, 11) is 0. The fraction of sp³-hybridized carbons (Fsp3) is 0.0909. The smallest absolute Gasteiger partial charge is 0.337 e. The van der Waals surface area contributed by atoms with Gasteiger partial charge in [0.15, 0.2) is 0 Å². The van der Waals surface area contributed by atoms with E-state index in [2.05, 4.69) is 4.98 Å². The number of carboxylic acids is 2. The zero-order chi connectivity index (χ0) is 21.3. The topological polar surface area (TPSA) is 109 Å². The molecular weight excluding hydrogens is 404 g/mol. The maximum Gasteiger partial charge on any atom is 0.337 e. The van der Waals surface area contributed by atoms with E-state index in [4.69, 9.17) is 0 Å². The van der Waals surface area contributed by atoms with Crippen molar-refractivity contribution in [3.05, 3.63) is 98.4 Å². The van der Waals surface area contributed by atoms with Gasteiger partial charge in [-0.3, -0.25) is 9.36 Å². The molecule has 8 heteroatoms. The Morgan fingerprint density at radius 3 is 2.40 bits per heavy atom. The van der Waals surface area contributed by atoms with E-state index >= 15 is 0 Å². The molecule has 2 aromatic carbocycles. The number of fused-ring (bicyclic) bond motifs is 1.